The Kier molecular flexibility index (Phi) is 7.54. The number of anilines is 1. The predicted octanol–water partition coefficient (Wildman–Crippen LogP) is 2.73. The summed E-state index contributed by atoms with van der Waals surface area (Å²) in [7, 11) is 0. The van der Waals surface area contributed by atoms with Crippen LogP contribution in [0.15, 0.2) is 30.6 Å². The summed E-state index contributed by atoms with van der Waals surface area (Å²) in [5.74, 6) is 1.02. The molecule has 1 N–H and O–H groups in total. The Morgan fingerprint density at radius 2 is 1.97 bits per heavy atom. The van der Waals surface area contributed by atoms with Crippen LogP contribution in [0.2, 0.25) is 0 Å². The maximum Gasteiger partial charge on any atom is 0.219 e. The molecule has 2 aliphatic heterocycles. The van der Waals surface area contributed by atoms with Crippen LogP contribution in [0.1, 0.15) is 47.9 Å². The molecule has 1 unspecified atom stereocenters. The molecule has 5 rings (SSSR count). The van der Waals surface area contributed by atoms with Gasteiger partial charge in [0.15, 0.2) is 5.65 Å². The number of carbonyl (C=O) groups excluding carboxylic acids is 1. The van der Waals surface area contributed by atoms with Crippen LogP contribution in [0, 0.1) is 5.82 Å². The highest BCUT2D eigenvalue weighted by Crippen LogP contribution is 2.34. The van der Waals surface area contributed by atoms with Crippen molar-refractivity contribution in [1.82, 2.24) is 19.5 Å². The van der Waals surface area contributed by atoms with E-state index in [4.69, 9.17) is 13.5 Å². The first kappa shape index (κ1) is 24.2. The molecule has 3 aromatic rings. The van der Waals surface area contributed by atoms with Gasteiger partial charge in [-0.3, -0.25) is 13.4 Å². The zero-order valence-corrected chi connectivity index (χ0v) is 19.9. The Morgan fingerprint density at radius 3 is 2.68 bits per heavy atom. The van der Waals surface area contributed by atoms with Gasteiger partial charge in [0.1, 0.15) is 18.0 Å². The summed E-state index contributed by atoms with van der Waals surface area (Å²) >= 11 is -1.86. The van der Waals surface area contributed by atoms with Crippen LogP contribution in [0.5, 0.6) is 0 Å². The zero-order valence-electron chi connectivity index (χ0n) is 19.1. The van der Waals surface area contributed by atoms with Gasteiger partial charge < -0.3 is 19.5 Å². The number of ether oxygens (including phenoxy) is 1. The Morgan fingerprint density at radius 1 is 1.26 bits per heavy atom. The molecule has 34 heavy (non-hydrogen) atoms. The lowest BCUT2D eigenvalue weighted by Crippen LogP contribution is -2.36. The molecule has 1 saturated heterocycles. The SMILES string of the molecule is CC(=O)N1CCC(c2cc3c(n4cnnc24)NCc2c(F)cccc2COC3)CC1.CS(=O)[O-]. The lowest BCUT2D eigenvalue weighted by atomic mass is 9.89. The summed E-state index contributed by atoms with van der Waals surface area (Å²) in [5, 5.41) is 11.9. The fourth-order valence-corrected chi connectivity index (χ4v) is 4.56. The first-order valence-corrected chi connectivity index (χ1v) is 12.5. The third-order valence-electron chi connectivity index (χ3n) is 6.22. The van der Waals surface area contributed by atoms with Crippen LogP contribution >= 0.6 is 0 Å². The second-order valence-corrected chi connectivity index (χ2v) is 9.21. The highest BCUT2D eigenvalue weighted by Gasteiger charge is 2.26. The zero-order chi connectivity index (χ0) is 24.2. The van der Waals surface area contributed by atoms with Crippen LogP contribution in [0.4, 0.5) is 10.2 Å². The summed E-state index contributed by atoms with van der Waals surface area (Å²) in [6, 6.07) is 7.24. The van der Waals surface area contributed by atoms with Crippen LogP contribution in [0.3, 0.4) is 0 Å². The van der Waals surface area contributed by atoms with E-state index in [0.717, 1.165) is 60.3 Å². The summed E-state index contributed by atoms with van der Waals surface area (Å²) in [4.78, 5) is 13.6. The number of amides is 1. The highest BCUT2D eigenvalue weighted by molar-refractivity contribution is 7.78. The minimum atomic E-state index is -1.86. The molecule has 0 radical (unpaired) electrons. The van der Waals surface area contributed by atoms with E-state index in [1.54, 1.807) is 19.3 Å². The molecule has 0 aliphatic carbocycles. The number of pyridine rings is 1. The molecule has 1 aromatic carbocycles. The molecular weight excluding hydrogens is 461 g/mol. The topological polar surface area (TPSA) is 112 Å². The third kappa shape index (κ3) is 5.26. The number of benzene rings is 1. The number of nitrogens with zero attached hydrogens (tertiary/aromatic N) is 4. The second-order valence-electron chi connectivity index (χ2n) is 8.40. The maximum atomic E-state index is 14.4. The van der Waals surface area contributed by atoms with Gasteiger partial charge in [0.05, 0.1) is 13.2 Å². The standard InChI is InChI=1S/C22H24FN5O2.CH4O2S/c1-14(29)27-7-5-15(6-8-27)18-9-17-12-30-11-16-3-2-4-20(23)19(16)10-24-21(17)28-13-25-26-22(18)28;1-4(2)3/h2-4,9,13,15,24H,5-8,10-12H2,1H3;1H3,(H,2,3)/p-1. The van der Waals surface area contributed by atoms with Crippen molar-refractivity contribution in [2.45, 2.75) is 45.4 Å². The molecule has 2 aliphatic rings. The smallest absolute Gasteiger partial charge is 0.219 e. The van der Waals surface area contributed by atoms with E-state index in [2.05, 4.69) is 21.6 Å². The minimum absolute atomic E-state index is 0.125. The number of hydrogen-bond donors (Lipinski definition) is 1. The summed E-state index contributed by atoms with van der Waals surface area (Å²) < 4.78 is 40.3. The van der Waals surface area contributed by atoms with E-state index < -0.39 is 11.1 Å². The van der Waals surface area contributed by atoms with Crippen molar-refractivity contribution in [1.29, 1.82) is 0 Å². The lowest BCUT2D eigenvalue weighted by molar-refractivity contribution is -0.129. The Bertz CT molecular complexity index is 1210. The van der Waals surface area contributed by atoms with E-state index in [9.17, 15) is 9.18 Å². The molecule has 182 valence electrons. The molecule has 1 amide bonds. The quantitative estimate of drug-likeness (QED) is 0.524. The highest BCUT2D eigenvalue weighted by atomic mass is 32.2. The van der Waals surface area contributed by atoms with Gasteiger partial charge >= 0.3 is 0 Å². The second kappa shape index (κ2) is 10.6. The molecule has 4 heterocycles. The molecule has 0 saturated carbocycles. The largest absolute Gasteiger partial charge is 0.773 e. The molecule has 9 nitrogen and oxygen atoms in total. The number of rotatable bonds is 1. The molecule has 1 fully saturated rings. The molecule has 0 spiro atoms. The van der Waals surface area contributed by atoms with Gasteiger partial charge in [-0.2, -0.15) is 0 Å². The van der Waals surface area contributed by atoms with Crippen molar-refractivity contribution in [2.75, 3.05) is 24.7 Å². The van der Waals surface area contributed by atoms with Gasteiger partial charge in [0.25, 0.3) is 0 Å². The number of piperidine rings is 1. The number of fused-ring (bicyclic) bond motifs is 4. The molecule has 2 aromatic heterocycles. The number of hydrogen-bond acceptors (Lipinski definition) is 7. The van der Waals surface area contributed by atoms with Crippen LogP contribution in [0.25, 0.3) is 5.65 Å². The van der Waals surface area contributed by atoms with Crippen molar-refractivity contribution >= 4 is 28.5 Å². The Labute approximate surface area is 199 Å². The van der Waals surface area contributed by atoms with Crippen molar-refractivity contribution < 1.29 is 22.7 Å². The van der Waals surface area contributed by atoms with Gasteiger partial charge in [-0.05, 0) is 42.7 Å². The van der Waals surface area contributed by atoms with Gasteiger partial charge in [0, 0.05) is 43.2 Å². The van der Waals surface area contributed by atoms with Crippen LogP contribution in [-0.2, 0) is 40.4 Å². The fraction of sp³-hybridized carbons (Fsp3) is 0.435. The molecule has 11 heteroatoms. The number of halogens is 1. The predicted molar refractivity (Wildman–Crippen MR) is 124 cm³/mol. The van der Waals surface area contributed by atoms with E-state index in [0.29, 0.717) is 31.2 Å². The first-order chi connectivity index (χ1) is 16.3. The molecular formula is C23H27FN5O4S-. The molecule has 0 bridgehead atoms. The van der Waals surface area contributed by atoms with Crippen molar-refractivity contribution in [3.8, 4) is 0 Å². The first-order valence-electron chi connectivity index (χ1n) is 11.0. The summed E-state index contributed by atoms with van der Waals surface area (Å²) in [6.07, 6.45) is 4.56. The Balaban J connectivity index is 0.000000636. The Hall–Kier alpha value is -2.89. The summed E-state index contributed by atoms with van der Waals surface area (Å²) in [5.41, 5.74) is 4.40. The molecule has 1 atom stereocenters. The van der Waals surface area contributed by atoms with E-state index in [-0.39, 0.29) is 11.7 Å². The number of aromatic nitrogens is 3. The lowest BCUT2D eigenvalue weighted by Gasteiger charge is -2.32. The van der Waals surface area contributed by atoms with Crippen molar-refractivity contribution in [2.24, 2.45) is 0 Å². The van der Waals surface area contributed by atoms with E-state index >= 15 is 0 Å². The van der Waals surface area contributed by atoms with E-state index in [1.165, 1.54) is 6.07 Å². The number of nitrogens with one attached hydrogen (secondary N) is 1. The normalized spacial score (nSPS) is 17.2. The van der Waals surface area contributed by atoms with Gasteiger partial charge in [-0.15, -0.1) is 10.2 Å². The van der Waals surface area contributed by atoms with Crippen molar-refractivity contribution in [3.05, 3.63) is 58.7 Å². The van der Waals surface area contributed by atoms with Crippen molar-refractivity contribution in [3.63, 3.8) is 0 Å². The van der Waals surface area contributed by atoms with Crippen LogP contribution < -0.4 is 5.32 Å². The third-order valence-corrected chi connectivity index (χ3v) is 6.22. The van der Waals surface area contributed by atoms with Gasteiger partial charge in [0.2, 0.25) is 5.91 Å². The average Bonchev–Trinajstić information content (AvgIpc) is 3.30. The fourth-order valence-electron chi connectivity index (χ4n) is 4.56. The minimum Gasteiger partial charge on any atom is -0.773 e. The average molecular weight is 489 g/mol. The van der Waals surface area contributed by atoms with E-state index in [1.807, 2.05) is 15.4 Å². The monoisotopic (exact) mass is 488 g/mol. The number of carbonyl (C=O) groups is 1. The summed E-state index contributed by atoms with van der Waals surface area (Å²) in [6.45, 7) is 4.26. The van der Waals surface area contributed by atoms with Crippen LogP contribution in [-0.4, -0.2) is 53.5 Å². The number of likely N-dealkylation sites (tertiary alicyclic amines) is 1. The maximum absolute atomic E-state index is 14.4. The van der Waals surface area contributed by atoms with Gasteiger partial charge in [-0.1, -0.05) is 23.2 Å². The van der Waals surface area contributed by atoms with Gasteiger partial charge in [-0.25, -0.2) is 4.39 Å².